The lowest BCUT2D eigenvalue weighted by molar-refractivity contribution is 0.0578. The van der Waals surface area contributed by atoms with Crippen LogP contribution >= 0.6 is 0 Å². The molecule has 0 aromatic heterocycles. The molecule has 2 aromatic carbocycles. The molecule has 0 atom stereocenters. The van der Waals surface area contributed by atoms with Crippen LogP contribution < -0.4 is 9.80 Å². The van der Waals surface area contributed by atoms with Gasteiger partial charge in [-0.3, -0.25) is 9.69 Å². The molecule has 0 bridgehead atoms. The van der Waals surface area contributed by atoms with Gasteiger partial charge in [-0.15, -0.1) is 0 Å². The number of ether oxygens (including phenoxy) is 1. The Morgan fingerprint density at radius 3 is 2.04 bits per heavy atom. The van der Waals surface area contributed by atoms with Crippen LogP contribution in [0, 0.1) is 5.82 Å². The van der Waals surface area contributed by atoms with E-state index in [1.807, 2.05) is 32.9 Å². The van der Waals surface area contributed by atoms with Crippen LogP contribution in [-0.4, -0.2) is 30.7 Å². The maximum Gasteiger partial charge on any atom is 0.414 e. The number of nitrogens with zero attached hydrogens (tertiary/aromatic N) is 2. The summed E-state index contributed by atoms with van der Waals surface area (Å²) in [5.74, 6) is -0.627. The van der Waals surface area contributed by atoms with Crippen molar-refractivity contribution in [2.45, 2.75) is 26.4 Å². The van der Waals surface area contributed by atoms with Gasteiger partial charge in [-0.25, -0.2) is 9.18 Å². The molecule has 0 fully saturated rings. The predicted octanol–water partition coefficient (Wildman–Crippen LogP) is 4.23. The van der Waals surface area contributed by atoms with Gasteiger partial charge in [-0.1, -0.05) is 12.1 Å². The van der Waals surface area contributed by atoms with Crippen molar-refractivity contribution >= 4 is 23.4 Å². The van der Waals surface area contributed by atoms with Crippen molar-refractivity contribution in [3.63, 3.8) is 0 Å². The summed E-state index contributed by atoms with van der Waals surface area (Å²) in [5.41, 5.74) is 1.03. The quantitative estimate of drug-likeness (QED) is 0.768. The van der Waals surface area contributed by atoms with Gasteiger partial charge in [0.25, 0.3) is 5.91 Å². The fourth-order valence-electron chi connectivity index (χ4n) is 2.83. The fraction of sp³-hybridized carbons (Fsp3) is 0.300. The summed E-state index contributed by atoms with van der Waals surface area (Å²) < 4.78 is 18.6. The molecular formula is C20H21FN2O3. The Morgan fingerprint density at radius 2 is 1.46 bits per heavy atom. The molecule has 0 aliphatic carbocycles. The molecule has 0 N–H and O–H groups in total. The molecule has 3 rings (SSSR count). The van der Waals surface area contributed by atoms with Gasteiger partial charge in [0.1, 0.15) is 11.4 Å². The summed E-state index contributed by atoms with van der Waals surface area (Å²) in [6, 6.07) is 12.6. The Hall–Kier alpha value is -2.89. The van der Waals surface area contributed by atoms with E-state index in [-0.39, 0.29) is 5.91 Å². The van der Waals surface area contributed by atoms with Gasteiger partial charge >= 0.3 is 6.09 Å². The molecule has 0 saturated carbocycles. The largest absolute Gasteiger partial charge is 0.443 e. The van der Waals surface area contributed by atoms with Crippen LogP contribution in [0.2, 0.25) is 0 Å². The zero-order valence-corrected chi connectivity index (χ0v) is 15.0. The maximum atomic E-state index is 13.1. The van der Waals surface area contributed by atoms with E-state index < -0.39 is 17.5 Å². The number of benzene rings is 2. The maximum absolute atomic E-state index is 13.1. The van der Waals surface area contributed by atoms with Crippen molar-refractivity contribution in [3.8, 4) is 0 Å². The molecule has 136 valence electrons. The van der Waals surface area contributed by atoms with E-state index in [1.165, 1.54) is 29.2 Å². The Kier molecular flexibility index (Phi) is 4.68. The third kappa shape index (κ3) is 3.69. The molecule has 2 amide bonds. The minimum atomic E-state index is -0.604. The summed E-state index contributed by atoms with van der Waals surface area (Å²) in [6.45, 7) is 6.08. The second kappa shape index (κ2) is 6.78. The molecule has 1 aliphatic rings. The average Bonchev–Trinajstić information content (AvgIpc) is 2.59. The highest BCUT2D eigenvalue weighted by Gasteiger charge is 2.32. The average molecular weight is 356 g/mol. The number of halogens is 1. The molecular weight excluding hydrogens is 335 g/mol. The molecule has 2 aromatic rings. The number of fused-ring (bicyclic) bond motifs is 1. The molecule has 5 nitrogen and oxygen atoms in total. The van der Waals surface area contributed by atoms with E-state index in [2.05, 4.69) is 0 Å². The van der Waals surface area contributed by atoms with Crippen molar-refractivity contribution in [3.05, 3.63) is 59.9 Å². The van der Waals surface area contributed by atoms with Crippen molar-refractivity contribution in [1.82, 2.24) is 0 Å². The second-order valence-corrected chi connectivity index (χ2v) is 7.08. The number of carbonyl (C=O) groups is 2. The van der Waals surface area contributed by atoms with Crippen LogP contribution in [-0.2, 0) is 4.74 Å². The number of hydrogen-bond acceptors (Lipinski definition) is 3. The number of hydrogen-bond donors (Lipinski definition) is 0. The van der Waals surface area contributed by atoms with E-state index in [1.54, 1.807) is 17.0 Å². The summed E-state index contributed by atoms with van der Waals surface area (Å²) in [7, 11) is 0. The number of amides is 2. The van der Waals surface area contributed by atoms with Crippen LogP contribution in [0.25, 0.3) is 0 Å². The van der Waals surface area contributed by atoms with Crippen LogP contribution in [0.5, 0.6) is 0 Å². The number of carbonyl (C=O) groups excluding carboxylic acids is 2. The number of para-hydroxylation sites is 2. The first-order chi connectivity index (χ1) is 12.3. The summed E-state index contributed by atoms with van der Waals surface area (Å²) in [5, 5.41) is 0. The Labute approximate surface area is 152 Å². The standard InChI is InChI=1S/C20H21FN2O3/c1-20(2,3)26-19(25)23-13-12-22(16-6-4-5-7-17(16)23)18(24)14-8-10-15(21)11-9-14/h4-11H,12-13H2,1-3H3. The second-order valence-electron chi connectivity index (χ2n) is 7.08. The van der Waals surface area contributed by atoms with E-state index >= 15 is 0 Å². The summed E-state index contributed by atoms with van der Waals surface area (Å²) >= 11 is 0. The Morgan fingerprint density at radius 1 is 0.923 bits per heavy atom. The first kappa shape index (κ1) is 17.9. The van der Waals surface area contributed by atoms with Gasteiger partial charge < -0.3 is 9.64 Å². The van der Waals surface area contributed by atoms with Gasteiger partial charge in [-0.05, 0) is 57.2 Å². The summed E-state index contributed by atoms with van der Waals surface area (Å²) in [6.07, 6.45) is -0.446. The molecule has 26 heavy (non-hydrogen) atoms. The number of rotatable bonds is 1. The summed E-state index contributed by atoms with van der Waals surface area (Å²) in [4.78, 5) is 28.5. The molecule has 1 aliphatic heterocycles. The van der Waals surface area contributed by atoms with Gasteiger partial charge in [0.2, 0.25) is 0 Å². The molecule has 0 radical (unpaired) electrons. The highest BCUT2D eigenvalue weighted by atomic mass is 19.1. The van der Waals surface area contributed by atoms with E-state index in [0.717, 1.165) is 0 Å². The van der Waals surface area contributed by atoms with Crippen molar-refractivity contribution in [2.24, 2.45) is 0 Å². The number of anilines is 2. The SMILES string of the molecule is CC(C)(C)OC(=O)N1CCN(C(=O)c2ccc(F)cc2)c2ccccc21. The normalized spacial score (nSPS) is 14.0. The lowest BCUT2D eigenvalue weighted by Gasteiger charge is -2.37. The highest BCUT2D eigenvalue weighted by Crippen LogP contribution is 2.34. The lowest BCUT2D eigenvalue weighted by Crippen LogP contribution is -2.47. The molecule has 0 spiro atoms. The molecule has 0 saturated heterocycles. The van der Waals surface area contributed by atoms with Crippen molar-refractivity contribution in [1.29, 1.82) is 0 Å². The monoisotopic (exact) mass is 356 g/mol. The van der Waals surface area contributed by atoms with Crippen molar-refractivity contribution in [2.75, 3.05) is 22.9 Å². The van der Waals surface area contributed by atoms with Gasteiger partial charge in [0.15, 0.2) is 0 Å². The van der Waals surface area contributed by atoms with Crippen LogP contribution in [0.3, 0.4) is 0 Å². The van der Waals surface area contributed by atoms with Gasteiger partial charge in [0.05, 0.1) is 11.4 Å². The van der Waals surface area contributed by atoms with E-state index in [9.17, 15) is 14.0 Å². The molecule has 1 heterocycles. The topological polar surface area (TPSA) is 49.9 Å². The Balaban J connectivity index is 1.91. The smallest absolute Gasteiger partial charge is 0.414 e. The minimum absolute atomic E-state index is 0.235. The lowest BCUT2D eigenvalue weighted by atomic mass is 10.1. The zero-order chi connectivity index (χ0) is 18.9. The van der Waals surface area contributed by atoms with E-state index in [0.29, 0.717) is 30.0 Å². The third-order valence-corrected chi connectivity index (χ3v) is 3.96. The third-order valence-electron chi connectivity index (χ3n) is 3.96. The molecule has 6 heteroatoms. The van der Waals surface area contributed by atoms with Gasteiger partial charge in [0, 0.05) is 18.7 Å². The van der Waals surface area contributed by atoms with E-state index in [4.69, 9.17) is 4.74 Å². The van der Waals surface area contributed by atoms with Crippen LogP contribution in [0.15, 0.2) is 48.5 Å². The first-order valence-electron chi connectivity index (χ1n) is 8.43. The fourth-order valence-corrected chi connectivity index (χ4v) is 2.83. The zero-order valence-electron chi connectivity index (χ0n) is 15.0. The first-order valence-corrected chi connectivity index (χ1v) is 8.43. The van der Waals surface area contributed by atoms with Crippen molar-refractivity contribution < 1.29 is 18.7 Å². The molecule has 0 unspecified atom stereocenters. The van der Waals surface area contributed by atoms with Gasteiger partial charge in [-0.2, -0.15) is 0 Å². The highest BCUT2D eigenvalue weighted by molar-refractivity contribution is 6.10. The van der Waals surface area contributed by atoms with Crippen LogP contribution in [0.1, 0.15) is 31.1 Å². The van der Waals surface area contributed by atoms with Crippen LogP contribution in [0.4, 0.5) is 20.6 Å². The Bertz CT molecular complexity index is 828. The predicted molar refractivity (Wildman–Crippen MR) is 98.1 cm³/mol. The minimum Gasteiger partial charge on any atom is -0.443 e.